The van der Waals surface area contributed by atoms with Crippen molar-refractivity contribution in [1.29, 1.82) is 5.26 Å². The maximum atomic E-state index is 9.45. The van der Waals surface area contributed by atoms with E-state index in [4.69, 9.17) is 0 Å². The molecular formula is C16H22N2S. The van der Waals surface area contributed by atoms with E-state index >= 15 is 0 Å². The van der Waals surface area contributed by atoms with E-state index in [1.54, 1.807) is 11.8 Å². The van der Waals surface area contributed by atoms with Crippen LogP contribution in [0.1, 0.15) is 38.2 Å². The average Bonchev–Trinajstić information content (AvgIpc) is 2.91. The summed E-state index contributed by atoms with van der Waals surface area (Å²) in [6.45, 7) is 3.20. The van der Waals surface area contributed by atoms with Crippen LogP contribution in [0.25, 0.3) is 0 Å². The molecule has 19 heavy (non-hydrogen) atoms. The van der Waals surface area contributed by atoms with Crippen LogP contribution in [0.3, 0.4) is 0 Å². The van der Waals surface area contributed by atoms with E-state index in [9.17, 15) is 5.26 Å². The first-order valence-electron chi connectivity index (χ1n) is 7.13. The number of nitriles is 1. The van der Waals surface area contributed by atoms with Crippen LogP contribution in [0.2, 0.25) is 0 Å². The average molecular weight is 274 g/mol. The molecule has 0 N–H and O–H groups in total. The summed E-state index contributed by atoms with van der Waals surface area (Å²) < 4.78 is 0. The molecule has 0 aliphatic heterocycles. The van der Waals surface area contributed by atoms with Crippen molar-refractivity contribution in [3.8, 4) is 6.07 Å². The van der Waals surface area contributed by atoms with Crippen LogP contribution in [-0.2, 0) is 0 Å². The molecule has 0 aromatic heterocycles. The molecule has 102 valence electrons. The van der Waals surface area contributed by atoms with Crippen molar-refractivity contribution in [2.24, 2.45) is 5.92 Å². The number of benzene rings is 1. The predicted molar refractivity (Wildman–Crippen MR) is 82.8 cm³/mol. The fraction of sp³-hybridized carbons (Fsp3) is 0.562. The van der Waals surface area contributed by atoms with Crippen LogP contribution in [0, 0.1) is 17.2 Å². The van der Waals surface area contributed by atoms with E-state index in [2.05, 4.69) is 43.1 Å². The monoisotopic (exact) mass is 274 g/mol. The summed E-state index contributed by atoms with van der Waals surface area (Å²) in [5, 5.41) is 9.45. The minimum Gasteiger partial charge on any atom is -0.373 e. The largest absolute Gasteiger partial charge is 0.373 e. The third-order valence-electron chi connectivity index (χ3n) is 3.83. The highest BCUT2D eigenvalue weighted by atomic mass is 32.2. The molecule has 0 heterocycles. The quantitative estimate of drug-likeness (QED) is 0.749. The van der Waals surface area contributed by atoms with Crippen molar-refractivity contribution in [1.82, 2.24) is 0 Å². The maximum absolute atomic E-state index is 9.45. The van der Waals surface area contributed by atoms with E-state index in [0.717, 1.165) is 34.4 Å². The predicted octanol–water partition coefficient (Wildman–Crippen LogP) is 4.30. The number of rotatable bonds is 5. The lowest BCUT2D eigenvalue weighted by Gasteiger charge is -2.24. The summed E-state index contributed by atoms with van der Waals surface area (Å²) in [6.07, 6.45) is 5.43. The van der Waals surface area contributed by atoms with Crippen molar-refractivity contribution in [2.45, 2.75) is 37.5 Å². The van der Waals surface area contributed by atoms with Crippen LogP contribution >= 0.6 is 11.8 Å². The van der Waals surface area contributed by atoms with Gasteiger partial charge in [-0.05, 0) is 36.6 Å². The summed E-state index contributed by atoms with van der Waals surface area (Å²) in [7, 11) is 2.12. The lowest BCUT2D eigenvalue weighted by molar-refractivity contribution is 0.547. The molecule has 1 aliphatic carbocycles. The van der Waals surface area contributed by atoms with Gasteiger partial charge in [0.25, 0.3) is 0 Å². The fourth-order valence-electron chi connectivity index (χ4n) is 2.90. The first-order valence-corrected chi connectivity index (χ1v) is 8.11. The summed E-state index contributed by atoms with van der Waals surface area (Å²) >= 11 is 1.75. The van der Waals surface area contributed by atoms with Gasteiger partial charge in [0.1, 0.15) is 6.07 Å². The van der Waals surface area contributed by atoms with Crippen LogP contribution in [0.15, 0.2) is 23.1 Å². The molecule has 1 saturated carbocycles. The molecule has 2 rings (SSSR count). The number of thioether (sulfide) groups is 1. The molecule has 0 radical (unpaired) electrons. The summed E-state index contributed by atoms with van der Waals surface area (Å²) in [6, 6.07) is 8.59. The Balaban J connectivity index is 2.18. The molecule has 0 bridgehead atoms. The number of nitrogens with zero attached hydrogens (tertiary/aromatic N) is 2. The Kier molecular flexibility index (Phi) is 5.15. The lowest BCUT2D eigenvalue weighted by atomic mass is 10.1. The Morgan fingerprint density at radius 1 is 1.37 bits per heavy atom. The molecule has 0 spiro atoms. The second kappa shape index (κ2) is 6.86. The summed E-state index contributed by atoms with van der Waals surface area (Å²) in [5.74, 6) is 1.81. The molecule has 1 aromatic carbocycles. The van der Waals surface area contributed by atoms with Gasteiger partial charge < -0.3 is 4.90 Å². The fourth-order valence-corrected chi connectivity index (χ4v) is 3.68. The second-order valence-corrected chi connectivity index (χ2v) is 6.53. The third kappa shape index (κ3) is 3.45. The van der Waals surface area contributed by atoms with E-state index in [0.29, 0.717) is 0 Å². The number of hydrogen-bond donors (Lipinski definition) is 0. The highest BCUT2D eigenvalue weighted by Gasteiger charge is 2.19. The van der Waals surface area contributed by atoms with Crippen LogP contribution in [0.4, 0.5) is 5.69 Å². The van der Waals surface area contributed by atoms with Gasteiger partial charge in [0.05, 0.1) is 11.3 Å². The van der Waals surface area contributed by atoms with Gasteiger partial charge in [-0.25, -0.2) is 0 Å². The third-order valence-corrected chi connectivity index (χ3v) is 4.77. The Labute approximate surface area is 120 Å². The number of anilines is 1. The van der Waals surface area contributed by atoms with Gasteiger partial charge in [0, 0.05) is 18.5 Å². The SMILES string of the molecule is CCSc1cccc(N(C)CC2CCCC2)c1C#N. The van der Waals surface area contributed by atoms with Crippen LogP contribution < -0.4 is 4.90 Å². The highest BCUT2D eigenvalue weighted by Crippen LogP contribution is 2.32. The molecule has 3 heteroatoms. The topological polar surface area (TPSA) is 27.0 Å². The van der Waals surface area contributed by atoms with E-state index in [1.807, 2.05) is 0 Å². The molecular weight excluding hydrogens is 252 g/mol. The zero-order chi connectivity index (χ0) is 13.7. The van der Waals surface area contributed by atoms with E-state index in [-0.39, 0.29) is 0 Å². The standard InChI is InChI=1S/C16H22N2S/c1-3-19-16-10-6-9-15(14(16)11-17)18(2)12-13-7-4-5-8-13/h6,9-10,13H,3-5,7-8,12H2,1-2H3. The smallest absolute Gasteiger partial charge is 0.103 e. The molecule has 1 fully saturated rings. The van der Waals surface area contributed by atoms with Crippen molar-refractivity contribution >= 4 is 17.4 Å². The maximum Gasteiger partial charge on any atom is 0.103 e. The molecule has 1 aliphatic rings. The molecule has 1 aromatic rings. The summed E-state index contributed by atoms with van der Waals surface area (Å²) in [4.78, 5) is 3.38. The molecule has 0 amide bonds. The Bertz CT molecular complexity index is 458. The Hall–Kier alpha value is -1.14. The van der Waals surface area contributed by atoms with Gasteiger partial charge in [-0.3, -0.25) is 0 Å². The van der Waals surface area contributed by atoms with Crippen molar-refractivity contribution in [3.05, 3.63) is 23.8 Å². The second-order valence-electron chi connectivity index (χ2n) is 5.23. The van der Waals surface area contributed by atoms with Gasteiger partial charge in [0.2, 0.25) is 0 Å². The minimum absolute atomic E-state index is 0.805. The zero-order valence-electron chi connectivity index (χ0n) is 11.9. The van der Waals surface area contributed by atoms with Gasteiger partial charge in [-0.1, -0.05) is 25.8 Å². The zero-order valence-corrected chi connectivity index (χ0v) is 12.7. The van der Waals surface area contributed by atoms with Crippen molar-refractivity contribution in [2.75, 3.05) is 24.2 Å². The Morgan fingerprint density at radius 3 is 2.74 bits per heavy atom. The van der Waals surface area contributed by atoms with Crippen LogP contribution in [0.5, 0.6) is 0 Å². The molecule has 2 nitrogen and oxygen atoms in total. The van der Waals surface area contributed by atoms with Gasteiger partial charge >= 0.3 is 0 Å². The summed E-state index contributed by atoms with van der Waals surface area (Å²) in [5.41, 5.74) is 1.93. The van der Waals surface area contributed by atoms with Gasteiger partial charge in [-0.2, -0.15) is 5.26 Å². The van der Waals surface area contributed by atoms with E-state index < -0.39 is 0 Å². The van der Waals surface area contributed by atoms with Crippen molar-refractivity contribution in [3.63, 3.8) is 0 Å². The molecule has 0 unspecified atom stereocenters. The molecule has 0 atom stereocenters. The first kappa shape index (κ1) is 14.3. The van der Waals surface area contributed by atoms with Crippen molar-refractivity contribution < 1.29 is 0 Å². The minimum atomic E-state index is 0.805. The van der Waals surface area contributed by atoms with E-state index in [1.165, 1.54) is 25.7 Å². The Morgan fingerprint density at radius 2 is 2.11 bits per heavy atom. The van der Waals surface area contributed by atoms with Gasteiger partial charge in [-0.15, -0.1) is 11.8 Å². The normalized spacial score (nSPS) is 15.4. The van der Waals surface area contributed by atoms with Crippen LogP contribution in [-0.4, -0.2) is 19.3 Å². The number of hydrogen-bond acceptors (Lipinski definition) is 3. The first-order chi connectivity index (χ1) is 9.26. The van der Waals surface area contributed by atoms with Gasteiger partial charge in [0.15, 0.2) is 0 Å². The molecule has 0 saturated heterocycles. The lowest BCUT2D eigenvalue weighted by Crippen LogP contribution is -2.24. The highest BCUT2D eigenvalue weighted by molar-refractivity contribution is 7.99.